The molecule has 1 heterocycles. The number of esters is 1. The first-order chi connectivity index (χ1) is 22.8. The van der Waals surface area contributed by atoms with E-state index in [1.54, 1.807) is 10.3 Å². The Kier molecular flexibility index (Phi) is 13.2. The first kappa shape index (κ1) is 37.5. The molecule has 10 heteroatoms. The van der Waals surface area contributed by atoms with Crippen molar-refractivity contribution in [1.82, 2.24) is 20.5 Å². The molecule has 0 radical (unpaired) electrons. The van der Waals surface area contributed by atoms with Crippen LogP contribution >= 0.6 is 11.3 Å². The Morgan fingerprint density at radius 3 is 2.33 bits per heavy atom. The molecule has 2 aliphatic carbocycles. The third-order valence-electron chi connectivity index (χ3n) is 10.2. The summed E-state index contributed by atoms with van der Waals surface area (Å²) < 4.78 is 5.79. The van der Waals surface area contributed by atoms with Crippen LogP contribution in [0, 0.1) is 29.1 Å². The molecule has 0 bridgehead atoms. The van der Waals surface area contributed by atoms with Gasteiger partial charge in [-0.3, -0.25) is 19.2 Å². The molecule has 2 aromatic rings. The summed E-state index contributed by atoms with van der Waals surface area (Å²) in [4.78, 5) is 59.1. The number of benzene rings is 1. The summed E-state index contributed by atoms with van der Waals surface area (Å²) in [6.45, 7) is 12.2. The average molecular weight is 681 g/mol. The molecule has 2 fully saturated rings. The van der Waals surface area contributed by atoms with Gasteiger partial charge in [0.1, 0.15) is 10.7 Å². The number of hydrogen-bond acceptors (Lipinski definition) is 7. The van der Waals surface area contributed by atoms with Gasteiger partial charge in [-0.15, -0.1) is 11.3 Å². The molecule has 0 saturated heterocycles. The van der Waals surface area contributed by atoms with Crippen LogP contribution in [0.4, 0.5) is 0 Å². The third kappa shape index (κ3) is 10.1. The van der Waals surface area contributed by atoms with Gasteiger partial charge < -0.3 is 20.3 Å². The summed E-state index contributed by atoms with van der Waals surface area (Å²) in [6, 6.07) is 9.81. The van der Waals surface area contributed by atoms with Gasteiger partial charge >= 0.3 is 5.97 Å². The van der Waals surface area contributed by atoms with Crippen molar-refractivity contribution in [2.75, 3.05) is 13.6 Å². The number of rotatable bonds is 16. The zero-order valence-corrected chi connectivity index (χ0v) is 30.7. The Morgan fingerprint density at radius 2 is 1.73 bits per heavy atom. The van der Waals surface area contributed by atoms with Crippen molar-refractivity contribution in [3.05, 3.63) is 52.0 Å². The maximum Gasteiger partial charge on any atom is 0.303 e. The second kappa shape index (κ2) is 16.9. The number of nitrogens with zero attached hydrogens (tertiary/aromatic N) is 2. The quantitative estimate of drug-likeness (QED) is 0.190. The topological polar surface area (TPSA) is 118 Å². The van der Waals surface area contributed by atoms with Crippen LogP contribution in [0.2, 0.25) is 0 Å². The Bertz CT molecular complexity index is 1390. The Hall–Kier alpha value is -3.27. The van der Waals surface area contributed by atoms with E-state index in [2.05, 4.69) is 48.5 Å². The lowest BCUT2D eigenvalue weighted by Gasteiger charge is -2.36. The molecule has 1 aromatic carbocycles. The minimum Gasteiger partial charge on any atom is -0.455 e. The molecule has 9 nitrogen and oxygen atoms in total. The van der Waals surface area contributed by atoms with Crippen LogP contribution < -0.4 is 10.6 Å². The van der Waals surface area contributed by atoms with E-state index < -0.39 is 17.5 Å². The van der Waals surface area contributed by atoms with Gasteiger partial charge in [0, 0.05) is 50.3 Å². The molecule has 2 aliphatic rings. The Labute approximate surface area is 291 Å². The van der Waals surface area contributed by atoms with Gasteiger partial charge in [-0.05, 0) is 61.8 Å². The molecule has 2 saturated carbocycles. The highest BCUT2D eigenvalue weighted by molar-refractivity contribution is 7.09. The first-order valence-corrected chi connectivity index (χ1v) is 18.7. The number of thiazole rings is 1. The highest BCUT2D eigenvalue weighted by atomic mass is 32.1. The first-order valence-electron chi connectivity index (χ1n) is 17.8. The van der Waals surface area contributed by atoms with Gasteiger partial charge in [0.05, 0.1) is 5.41 Å². The molecule has 1 aromatic heterocycles. The standard InChI is InChI=1S/C38H56N4O5S/c1-24(2)19-29(20-28-14-9-8-10-15-28)40-35(45)31-22-48-36(41-31)33(47-27(6)43)21-32(25(3)4)42(7)37(46)38(17-18-38)23-39-34(44)30-16-12-11-13-26(30)5/h8-10,14-15,22,24-26,29-30,32-33H,11-13,16-21,23H2,1-7H3,(H,39,44)(H,40,45)/t26?,29-,30+,32-,33-/m1/s1. The number of amides is 3. The summed E-state index contributed by atoms with van der Waals surface area (Å²) in [6.07, 6.45) is 6.89. The molecular formula is C38H56N4O5S. The van der Waals surface area contributed by atoms with Crippen molar-refractivity contribution in [1.29, 1.82) is 0 Å². The summed E-state index contributed by atoms with van der Waals surface area (Å²) in [7, 11) is 1.81. The highest BCUT2D eigenvalue weighted by Gasteiger charge is 2.52. The zero-order valence-electron chi connectivity index (χ0n) is 29.9. The van der Waals surface area contributed by atoms with E-state index in [-0.39, 0.29) is 41.6 Å². The fourth-order valence-electron chi connectivity index (χ4n) is 7.19. The number of nitrogens with one attached hydrogen (secondary N) is 2. The monoisotopic (exact) mass is 680 g/mol. The van der Waals surface area contributed by atoms with Crippen LogP contribution in [0.1, 0.15) is 120 Å². The van der Waals surface area contributed by atoms with Crippen molar-refractivity contribution in [3.8, 4) is 0 Å². The van der Waals surface area contributed by atoms with Gasteiger partial charge in [-0.1, -0.05) is 77.8 Å². The van der Waals surface area contributed by atoms with E-state index >= 15 is 0 Å². The van der Waals surface area contributed by atoms with Crippen LogP contribution in [-0.2, 0) is 25.5 Å². The maximum atomic E-state index is 14.0. The van der Waals surface area contributed by atoms with Crippen molar-refractivity contribution in [2.24, 2.45) is 29.1 Å². The lowest BCUT2D eigenvalue weighted by molar-refractivity contribution is -0.149. The van der Waals surface area contributed by atoms with E-state index in [9.17, 15) is 19.2 Å². The molecule has 48 heavy (non-hydrogen) atoms. The van der Waals surface area contributed by atoms with E-state index in [1.165, 1.54) is 24.7 Å². The number of carbonyl (C=O) groups excluding carboxylic acids is 4. The highest BCUT2D eigenvalue weighted by Crippen LogP contribution is 2.47. The average Bonchev–Trinajstić information content (AvgIpc) is 3.66. The Morgan fingerprint density at radius 1 is 1.04 bits per heavy atom. The molecule has 1 unspecified atom stereocenters. The maximum absolute atomic E-state index is 14.0. The number of ether oxygens (including phenoxy) is 1. The largest absolute Gasteiger partial charge is 0.455 e. The molecule has 0 aliphatic heterocycles. The fraction of sp³-hybridized carbons (Fsp3) is 0.658. The van der Waals surface area contributed by atoms with Gasteiger partial charge in [0.2, 0.25) is 11.8 Å². The van der Waals surface area contributed by atoms with Crippen molar-refractivity contribution >= 4 is 35.0 Å². The summed E-state index contributed by atoms with van der Waals surface area (Å²) in [5, 5.41) is 8.55. The number of aromatic nitrogens is 1. The SMILES string of the molecule is CC(=O)O[C@H](C[C@H](C(C)C)N(C)C(=O)C1(CNC(=O)[C@H]2CCCCC2C)CC1)c1nc(C(=O)N[C@@H](Cc2ccccc2)CC(C)C)cs1. The number of hydrogen-bond donors (Lipinski definition) is 2. The molecule has 2 N–H and O–H groups in total. The van der Waals surface area contributed by atoms with Crippen LogP contribution in [0.15, 0.2) is 35.7 Å². The lowest BCUT2D eigenvalue weighted by atomic mass is 9.80. The molecule has 264 valence electrons. The van der Waals surface area contributed by atoms with E-state index in [4.69, 9.17) is 4.74 Å². The molecular weight excluding hydrogens is 625 g/mol. The van der Waals surface area contributed by atoms with Gasteiger partial charge in [0.25, 0.3) is 5.91 Å². The van der Waals surface area contributed by atoms with Crippen LogP contribution in [0.25, 0.3) is 0 Å². The minimum atomic E-state index is -0.713. The third-order valence-corrected chi connectivity index (χ3v) is 11.1. The van der Waals surface area contributed by atoms with Gasteiger partial charge in [0.15, 0.2) is 6.10 Å². The summed E-state index contributed by atoms with van der Waals surface area (Å²) in [5.41, 5.74) is 0.856. The van der Waals surface area contributed by atoms with E-state index in [0.717, 1.165) is 50.5 Å². The van der Waals surface area contributed by atoms with Crippen LogP contribution in [-0.4, -0.2) is 59.3 Å². The molecule has 0 spiro atoms. The molecule has 4 rings (SSSR count). The minimum absolute atomic E-state index is 0.00795. The smallest absolute Gasteiger partial charge is 0.303 e. The Balaban J connectivity index is 1.43. The molecule has 5 atom stereocenters. The normalized spacial score (nSPS) is 20.4. The van der Waals surface area contributed by atoms with Crippen LogP contribution in [0.3, 0.4) is 0 Å². The van der Waals surface area contributed by atoms with Gasteiger partial charge in [-0.25, -0.2) is 4.98 Å². The molecule has 3 amide bonds. The zero-order chi connectivity index (χ0) is 35.0. The van der Waals surface area contributed by atoms with E-state index in [1.807, 2.05) is 39.1 Å². The fourth-order valence-corrected chi connectivity index (χ4v) is 8.03. The van der Waals surface area contributed by atoms with E-state index in [0.29, 0.717) is 35.5 Å². The van der Waals surface area contributed by atoms with Crippen molar-refractivity contribution in [2.45, 2.75) is 118 Å². The second-order valence-electron chi connectivity index (χ2n) is 15.0. The number of carbonyl (C=O) groups is 4. The second-order valence-corrected chi connectivity index (χ2v) is 15.9. The predicted octanol–water partition coefficient (Wildman–Crippen LogP) is 6.73. The predicted molar refractivity (Wildman–Crippen MR) is 189 cm³/mol. The van der Waals surface area contributed by atoms with Crippen molar-refractivity contribution in [3.63, 3.8) is 0 Å². The van der Waals surface area contributed by atoms with Crippen molar-refractivity contribution < 1.29 is 23.9 Å². The van der Waals surface area contributed by atoms with Crippen LogP contribution in [0.5, 0.6) is 0 Å². The lowest BCUT2D eigenvalue weighted by Crippen LogP contribution is -2.48. The summed E-state index contributed by atoms with van der Waals surface area (Å²) in [5.74, 6) is 0.215. The van der Waals surface area contributed by atoms with Gasteiger partial charge in [-0.2, -0.15) is 0 Å². The summed E-state index contributed by atoms with van der Waals surface area (Å²) >= 11 is 1.29.